The maximum absolute atomic E-state index is 5.53. The van der Waals surface area contributed by atoms with Gasteiger partial charge in [-0.2, -0.15) is 0 Å². The molecular formula is C22H31N5O2. The number of ether oxygens (including phenoxy) is 2. The van der Waals surface area contributed by atoms with Gasteiger partial charge >= 0.3 is 0 Å². The Morgan fingerprint density at radius 2 is 1.83 bits per heavy atom. The number of aryl methyl sites for hydroxylation is 1. The van der Waals surface area contributed by atoms with Gasteiger partial charge in [0, 0.05) is 44.4 Å². The summed E-state index contributed by atoms with van der Waals surface area (Å²) in [6.07, 6.45) is 5.68. The Kier molecular flexibility index (Phi) is 6.49. The summed E-state index contributed by atoms with van der Waals surface area (Å²) in [7, 11) is 1.70. The largest absolute Gasteiger partial charge is 0.378 e. The van der Waals surface area contributed by atoms with Crippen LogP contribution in [0, 0.1) is 6.92 Å². The Bertz CT molecular complexity index is 944. The van der Waals surface area contributed by atoms with Crippen molar-refractivity contribution in [1.82, 2.24) is 19.4 Å². The molecule has 1 aliphatic rings. The predicted molar refractivity (Wildman–Crippen MR) is 115 cm³/mol. The highest BCUT2D eigenvalue weighted by molar-refractivity contribution is 5.73. The molecule has 3 aromatic heterocycles. The van der Waals surface area contributed by atoms with Crippen LogP contribution in [-0.2, 0) is 15.1 Å². The first-order valence-electron chi connectivity index (χ1n) is 10.2. The molecule has 0 saturated carbocycles. The van der Waals surface area contributed by atoms with E-state index < -0.39 is 5.60 Å². The van der Waals surface area contributed by atoms with Gasteiger partial charge in [0.2, 0.25) is 0 Å². The van der Waals surface area contributed by atoms with Crippen LogP contribution < -0.4 is 4.90 Å². The summed E-state index contributed by atoms with van der Waals surface area (Å²) >= 11 is 0. The summed E-state index contributed by atoms with van der Waals surface area (Å²) in [5, 5.41) is 0. The van der Waals surface area contributed by atoms with E-state index in [0.29, 0.717) is 0 Å². The number of hydrogen-bond acceptors (Lipinski definition) is 6. The molecule has 0 amide bonds. The Balaban J connectivity index is 0.00000117. The normalized spacial score (nSPS) is 14.6. The van der Waals surface area contributed by atoms with Gasteiger partial charge in [0.15, 0.2) is 11.5 Å². The fraction of sp³-hybridized carbons (Fsp3) is 0.500. The third-order valence-corrected chi connectivity index (χ3v) is 5.17. The molecule has 0 radical (unpaired) electrons. The smallest absolute Gasteiger partial charge is 0.181 e. The molecule has 156 valence electrons. The van der Waals surface area contributed by atoms with Crippen molar-refractivity contribution in [2.75, 3.05) is 38.3 Å². The van der Waals surface area contributed by atoms with Crippen LogP contribution in [0.25, 0.3) is 16.9 Å². The molecular weight excluding hydrogens is 366 g/mol. The van der Waals surface area contributed by atoms with Crippen LogP contribution >= 0.6 is 0 Å². The number of pyridine rings is 1. The minimum atomic E-state index is -0.416. The zero-order valence-corrected chi connectivity index (χ0v) is 18.3. The fourth-order valence-corrected chi connectivity index (χ4v) is 3.42. The van der Waals surface area contributed by atoms with Crippen LogP contribution in [0.15, 0.2) is 30.7 Å². The van der Waals surface area contributed by atoms with Crippen molar-refractivity contribution in [2.45, 2.75) is 40.2 Å². The molecule has 4 heterocycles. The molecule has 1 saturated heterocycles. The topological polar surface area (TPSA) is 64.8 Å². The first-order valence-corrected chi connectivity index (χ1v) is 10.2. The first-order chi connectivity index (χ1) is 14.0. The number of methoxy groups -OCH3 is 1. The minimum absolute atomic E-state index is 0.416. The summed E-state index contributed by atoms with van der Waals surface area (Å²) in [6.45, 7) is 13.1. The van der Waals surface area contributed by atoms with Crippen molar-refractivity contribution in [3.05, 3.63) is 42.1 Å². The van der Waals surface area contributed by atoms with E-state index in [0.717, 1.165) is 60.4 Å². The summed E-state index contributed by atoms with van der Waals surface area (Å²) in [4.78, 5) is 16.3. The number of aromatic nitrogens is 4. The highest BCUT2D eigenvalue weighted by Gasteiger charge is 2.23. The van der Waals surface area contributed by atoms with Crippen molar-refractivity contribution in [3.8, 4) is 11.3 Å². The molecule has 0 unspecified atom stereocenters. The van der Waals surface area contributed by atoms with Crippen LogP contribution in [0.3, 0.4) is 0 Å². The van der Waals surface area contributed by atoms with Gasteiger partial charge in [-0.25, -0.2) is 9.97 Å². The van der Waals surface area contributed by atoms with Gasteiger partial charge in [-0.05, 0) is 32.9 Å². The van der Waals surface area contributed by atoms with E-state index in [4.69, 9.17) is 14.5 Å². The van der Waals surface area contributed by atoms with Crippen LogP contribution in [0.4, 0.5) is 5.82 Å². The molecule has 3 aromatic rings. The predicted octanol–water partition coefficient (Wildman–Crippen LogP) is 3.84. The molecule has 0 aromatic carbocycles. The molecule has 0 aliphatic carbocycles. The molecule has 7 heteroatoms. The third-order valence-electron chi connectivity index (χ3n) is 5.17. The summed E-state index contributed by atoms with van der Waals surface area (Å²) in [6, 6.07) is 4.09. The van der Waals surface area contributed by atoms with E-state index in [2.05, 4.69) is 25.3 Å². The van der Waals surface area contributed by atoms with E-state index >= 15 is 0 Å². The second kappa shape index (κ2) is 8.88. The van der Waals surface area contributed by atoms with Crippen LogP contribution in [0.1, 0.15) is 39.1 Å². The lowest BCUT2D eigenvalue weighted by atomic mass is 10.0. The standard InChI is InChI=1S/C20H25N5O2.C2H6/c1-14-17(15-5-6-16(22-13-15)20(2,3)26-4)25-8-7-21-18(19(25)23-14)24-9-11-27-12-10-24;1-2/h5-8,13H,9-12H2,1-4H3;1-2H3. The van der Waals surface area contributed by atoms with Crippen molar-refractivity contribution >= 4 is 11.5 Å². The minimum Gasteiger partial charge on any atom is -0.378 e. The summed E-state index contributed by atoms with van der Waals surface area (Å²) < 4.78 is 13.1. The molecule has 4 rings (SSSR count). The van der Waals surface area contributed by atoms with Crippen molar-refractivity contribution in [2.24, 2.45) is 0 Å². The average molecular weight is 398 g/mol. The number of imidazole rings is 1. The SMILES string of the molecule is CC.COC(C)(C)c1ccc(-c2c(C)nc3c(N4CCOCC4)nccn23)cn1. The molecule has 29 heavy (non-hydrogen) atoms. The highest BCUT2D eigenvalue weighted by atomic mass is 16.5. The lowest BCUT2D eigenvalue weighted by Crippen LogP contribution is -2.37. The maximum Gasteiger partial charge on any atom is 0.181 e. The maximum atomic E-state index is 5.53. The molecule has 0 spiro atoms. The number of rotatable bonds is 4. The van der Waals surface area contributed by atoms with Gasteiger partial charge in [-0.3, -0.25) is 9.38 Å². The van der Waals surface area contributed by atoms with E-state index in [9.17, 15) is 0 Å². The number of hydrogen-bond donors (Lipinski definition) is 0. The Labute approximate surface area is 172 Å². The first kappa shape index (κ1) is 21.2. The summed E-state index contributed by atoms with van der Waals surface area (Å²) in [5.41, 5.74) is 4.37. The zero-order valence-electron chi connectivity index (χ0n) is 18.3. The van der Waals surface area contributed by atoms with Gasteiger partial charge < -0.3 is 14.4 Å². The Morgan fingerprint density at radius 3 is 2.45 bits per heavy atom. The quantitative estimate of drug-likeness (QED) is 0.666. The average Bonchev–Trinajstić information content (AvgIpc) is 3.11. The van der Waals surface area contributed by atoms with Gasteiger partial charge in [0.05, 0.1) is 30.3 Å². The van der Waals surface area contributed by atoms with Gasteiger partial charge in [-0.15, -0.1) is 0 Å². The number of nitrogens with zero attached hydrogens (tertiary/aromatic N) is 5. The van der Waals surface area contributed by atoms with Crippen LogP contribution in [0.2, 0.25) is 0 Å². The third kappa shape index (κ3) is 4.11. The Hall–Kier alpha value is -2.51. The van der Waals surface area contributed by atoms with Gasteiger partial charge in [0.25, 0.3) is 0 Å². The van der Waals surface area contributed by atoms with E-state index in [1.54, 1.807) is 7.11 Å². The lowest BCUT2D eigenvalue weighted by Gasteiger charge is -2.27. The highest BCUT2D eigenvalue weighted by Crippen LogP contribution is 2.30. The second-order valence-corrected chi connectivity index (χ2v) is 7.24. The van der Waals surface area contributed by atoms with E-state index in [1.165, 1.54) is 0 Å². The van der Waals surface area contributed by atoms with Crippen molar-refractivity contribution in [1.29, 1.82) is 0 Å². The number of anilines is 1. The molecule has 0 atom stereocenters. The van der Waals surface area contributed by atoms with Crippen molar-refractivity contribution < 1.29 is 9.47 Å². The second-order valence-electron chi connectivity index (χ2n) is 7.24. The van der Waals surface area contributed by atoms with Crippen LogP contribution in [0.5, 0.6) is 0 Å². The van der Waals surface area contributed by atoms with E-state index in [-0.39, 0.29) is 0 Å². The Morgan fingerprint density at radius 1 is 1.10 bits per heavy atom. The molecule has 0 N–H and O–H groups in total. The zero-order chi connectivity index (χ0) is 21.0. The number of morpholine rings is 1. The van der Waals surface area contributed by atoms with Crippen molar-refractivity contribution in [3.63, 3.8) is 0 Å². The molecule has 7 nitrogen and oxygen atoms in total. The fourth-order valence-electron chi connectivity index (χ4n) is 3.42. The van der Waals surface area contributed by atoms with Gasteiger partial charge in [-0.1, -0.05) is 13.8 Å². The molecule has 0 bridgehead atoms. The lowest BCUT2D eigenvalue weighted by molar-refractivity contribution is 0.0155. The molecule has 1 aliphatic heterocycles. The molecule has 1 fully saturated rings. The summed E-state index contributed by atoms with van der Waals surface area (Å²) in [5.74, 6) is 0.903. The van der Waals surface area contributed by atoms with Crippen LogP contribution in [-0.4, -0.2) is 52.8 Å². The van der Waals surface area contributed by atoms with E-state index in [1.807, 2.05) is 59.3 Å². The monoisotopic (exact) mass is 397 g/mol. The van der Waals surface area contributed by atoms with Gasteiger partial charge in [0.1, 0.15) is 5.60 Å². The number of fused-ring (bicyclic) bond motifs is 1.